The first-order valence-electron chi connectivity index (χ1n) is 20.4. The van der Waals surface area contributed by atoms with E-state index in [9.17, 15) is 14.7 Å². The molecule has 1 fully saturated rings. The van der Waals surface area contributed by atoms with Crippen LogP contribution in [-0.2, 0) is 14.3 Å². The summed E-state index contributed by atoms with van der Waals surface area (Å²) in [5.41, 5.74) is 0. The van der Waals surface area contributed by atoms with Crippen LogP contribution in [0.4, 0.5) is 0 Å². The molecule has 1 saturated carbocycles. The van der Waals surface area contributed by atoms with Crippen molar-refractivity contribution in [2.24, 2.45) is 5.92 Å². The van der Waals surface area contributed by atoms with Crippen LogP contribution >= 0.6 is 0 Å². The first-order valence-corrected chi connectivity index (χ1v) is 20.4. The Hall–Kier alpha value is -1.18. The summed E-state index contributed by atoms with van der Waals surface area (Å²) in [5, 5.41) is 13.0. The van der Waals surface area contributed by atoms with E-state index in [2.05, 4.69) is 29.0 Å². The molecule has 47 heavy (non-hydrogen) atoms. The molecule has 0 aromatic heterocycles. The Morgan fingerprint density at radius 2 is 1.21 bits per heavy atom. The minimum atomic E-state index is -0.117. The molecule has 0 aromatic carbocycles. The Kier molecular flexibility index (Phi) is 29.9. The topological polar surface area (TPSA) is 82.1 Å². The zero-order valence-corrected chi connectivity index (χ0v) is 31.6. The summed E-state index contributed by atoms with van der Waals surface area (Å²) in [5.74, 6) is 0.750. The number of carbonyl (C=O) groups excluding carboxylic acids is 2. The average Bonchev–Trinajstić information content (AvgIpc) is 3.62. The van der Waals surface area contributed by atoms with Crippen molar-refractivity contribution < 1.29 is 19.4 Å². The molecule has 0 heterocycles. The zero-order valence-electron chi connectivity index (χ0n) is 31.6. The lowest BCUT2D eigenvalue weighted by molar-refractivity contribution is -0.140. The van der Waals surface area contributed by atoms with Gasteiger partial charge in [0.15, 0.2) is 0 Å². The number of rotatable bonds is 34. The van der Waals surface area contributed by atoms with Crippen LogP contribution in [0.15, 0.2) is 0 Å². The summed E-state index contributed by atoms with van der Waals surface area (Å²) in [6.07, 6.45) is 31.0. The molecular formula is C40H79N3O4. The van der Waals surface area contributed by atoms with E-state index in [4.69, 9.17) is 4.74 Å². The maximum Gasteiger partial charge on any atom is 0.305 e. The first-order chi connectivity index (χ1) is 23.0. The second kappa shape index (κ2) is 32.0. The molecule has 1 rings (SSSR count). The number of ether oxygens (including phenoxy) is 1. The number of unbranched alkanes of at least 4 members (excludes halogenated alkanes) is 14. The largest absolute Gasteiger partial charge is 0.469 e. The summed E-state index contributed by atoms with van der Waals surface area (Å²) in [4.78, 5) is 29.4. The van der Waals surface area contributed by atoms with Gasteiger partial charge in [-0.05, 0) is 70.4 Å². The maximum atomic E-state index is 12.8. The molecule has 0 saturated heterocycles. The van der Waals surface area contributed by atoms with Crippen LogP contribution in [0.5, 0.6) is 0 Å². The van der Waals surface area contributed by atoms with Crippen molar-refractivity contribution in [3.8, 4) is 0 Å². The van der Waals surface area contributed by atoms with Gasteiger partial charge >= 0.3 is 5.97 Å². The number of hydrogen-bond acceptors (Lipinski definition) is 6. The van der Waals surface area contributed by atoms with Gasteiger partial charge in [-0.15, -0.1) is 0 Å². The molecule has 1 aliphatic rings. The Morgan fingerprint density at radius 1 is 0.681 bits per heavy atom. The number of nitrogens with zero attached hydrogens (tertiary/aromatic N) is 2. The lowest BCUT2D eigenvalue weighted by Gasteiger charge is -2.31. The lowest BCUT2D eigenvalue weighted by atomic mass is 9.94. The number of methoxy groups -OCH3 is 1. The second-order valence-electron chi connectivity index (χ2n) is 14.5. The standard InChI is InChI=1S/C40H79N3O4/c1-4-6-8-10-12-16-24-37(25-17-13-11-9-7-5-2)36-41-39(45)28-18-14-22-30-42(31-23-15-19-29-40(46)47-3)32-33-43(34-35-44)38-26-20-21-27-38/h37-38,44H,4-36H2,1-3H3,(H,41,45). The van der Waals surface area contributed by atoms with Crippen LogP contribution < -0.4 is 5.32 Å². The summed E-state index contributed by atoms with van der Waals surface area (Å²) >= 11 is 0. The highest BCUT2D eigenvalue weighted by molar-refractivity contribution is 5.75. The SMILES string of the molecule is CCCCCCCCC(CCCCCCCC)CNC(=O)CCCCCN(CCCCCC(=O)OC)CCN(CCO)C1CCCC1. The van der Waals surface area contributed by atoms with Gasteiger partial charge in [-0.25, -0.2) is 0 Å². The molecule has 7 nitrogen and oxygen atoms in total. The number of nitrogens with one attached hydrogen (secondary N) is 1. The van der Waals surface area contributed by atoms with E-state index in [0.717, 1.165) is 77.8 Å². The first kappa shape index (κ1) is 43.8. The third-order valence-corrected chi connectivity index (χ3v) is 10.4. The highest BCUT2D eigenvalue weighted by Crippen LogP contribution is 2.23. The van der Waals surface area contributed by atoms with E-state index in [1.165, 1.54) is 123 Å². The normalized spacial score (nSPS) is 13.8. The average molecular weight is 666 g/mol. The van der Waals surface area contributed by atoms with Gasteiger partial charge < -0.3 is 20.1 Å². The highest BCUT2D eigenvalue weighted by atomic mass is 16.5. The molecule has 0 unspecified atom stereocenters. The van der Waals surface area contributed by atoms with Crippen molar-refractivity contribution in [2.75, 3.05) is 53.0 Å². The Labute approximate surface area is 291 Å². The Morgan fingerprint density at radius 3 is 1.77 bits per heavy atom. The number of amides is 1. The summed E-state index contributed by atoms with van der Waals surface area (Å²) in [6.45, 7) is 10.5. The molecule has 278 valence electrons. The van der Waals surface area contributed by atoms with E-state index in [1.807, 2.05) is 0 Å². The number of hydrogen-bond donors (Lipinski definition) is 2. The minimum absolute atomic E-state index is 0.117. The fourth-order valence-electron chi connectivity index (χ4n) is 7.28. The van der Waals surface area contributed by atoms with E-state index < -0.39 is 0 Å². The predicted molar refractivity (Wildman–Crippen MR) is 199 cm³/mol. The molecule has 0 atom stereocenters. The molecule has 2 N–H and O–H groups in total. The monoisotopic (exact) mass is 666 g/mol. The number of aliphatic hydroxyl groups is 1. The van der Waals surface area contributed by atoms with E-state index in [-0.39, 0.29) is 18.5 Å². The Bertz CT molecular complexity index is 700. The molecule has 1 aliphatic carbocycles. The van der Waals surface area contributed by atoms with Crippen molar-refractivity contribution in [3.05, 3.63) is 0 Å². The van der Waals surface area contributed by atoms with Crippen LogP contribution in [-0.4, -0.2) is 85.8 Å². The molecule has 1 amide bonds. The van der Waals surface area contributed by atoms with Gasteiger partial charge in [0.05, 0.1) is 13.7 Å². The second-order valence-corrected chi connectivity index (χ2v) is 14.5. The van der Waals surface area contributed by atoms with Gasteiger partial charge in [-0.1, -0.05) is 117 Å². The summed E-state index contributed by atoms with van der Waals surface area (Å²) in [7, 11) is 1.46. The molecule has 0 spiro atoms. The molecule has 7 heteroatoms. The third-order valence-electron chi connectivity index (χ3n) is 10.4. The summed E-state index contributed by atoms with van der Waals surface area (Å²) < 4.78 is 4.79. The van der Waals surface area contributed by atoms with Crippen molar-refractivity contribution in [1.29, 1.82) is 0 Å². The van der Waals surface area contributed by atoms with Crippen molar-refractivity contribution >= 4 is 11.9 Å². The van der Waals surface area contributed by atoms with Gasteiger partial charge in [0, 0.05) is 45.1 Å². The third kappa shape index (κ3) is 25.5. The lowest BCUT2D eigenvalue weighted by Crippen LogP contribution is -2.42. The van der Waals surface area contributed by atoms with E-state index in [1.54, 1.807) is 0 Å². The van der Waals surface area contributed by atoms with Crippen LogP contribution in [0.25, 0.3) is 0 Å². The number of esters is 1. The van der Waals surface area contributed by atoms with Crippen LogP contribution in [0, 0.1) is 5.92 Å². The smallest absolute Gasteiger partial charge is 0.305 e. The fraction of sp³-hybridized carbons (Fsp3) is 0.950. The minimum Gasteiger partial charge on any atom is -0.469 e. The van der Waals surface area contributed by atoms with Crippen molar-refractivity contribution in [1.82, 2.24) is 15.1 Å². The van der Waals surface area contributed by atoms with Crippen LogP contribution in [0.1, 0.15) is 181 Å². The maximum absolute atomic E-state index is 12.8. The zero-order chi connectivity index (χ0) is 34.2. The summed E-state index contributed by atoms with van der Waals surface area (Å²) in [6, 6.07) is 0.624. The molecule has 0 radical (unpaired) electrons. The quantitative estimate of drug-likeness (QED) is 0.0527. The van der Waals surface area contributed by atoms with Gasteiger partial charge in [0.2, 0.25) is 5.91 Å². The van der Waals surface area contributed by atoms with Crippen LogP contribution in [0.2, 0.25) is 0 Å². The van der Waals surface area contributed by atoms with Crippen molar-refractivity contribution in [2.45, 2.75) is 187 Å². The van der Waals surface area contributed by atoms with Gasteiger partial charge in [-0.2, -0.15) is 0 Å². The van der Waals surface area contributed by atoms with Crippen LogP contribution in [0.3, 0.4) is 0 Å². The molecule has 0 bridgehead atoms. The highest BCUT2D eigenvalue weighted by Gasteiger charge is 2.22. The molecule has 0 aliphatic heterocycles. The van der Waals surface area contributed by atoms with E-state index in [0.29, 0.717) is 24.8 Å². The van der Waals surface area contributed by atoms with Crippen molar-refractivity contribution in [3.63, 3.8) is 0 Å². The van der Waals surface area contributed by atoms with Gasteiger partial charge in [0.25, 0.3) is 0 Å². The van der Waals surface area contributed by atoms with Gasteiger partial charge in [-0.3, -0.25) is 14.5 Å². The number of carbonyl (C=O) groups is 2. The fourth-order valence-corrected chi connectivity index (χ4v) is 7.28. The molecular weight excluding hydrogens is 586 g/mol. The molecule has 0 aromatic rings. The Balaban J connectivity index is 2.41. The predicted octanol–water partition coefficient (Wildman–Crippen LogP) is 9.05. The van der Waals surface area contributed by atoms with Gasteiger partial charge in [0.1, 0.15) is 0 Å². The number of aliphatic hydroxyl groups excluding tert-OH is 1. The van der Waals surface area contributed by atoms with E-state index >= 15 is 0 Å².